The van der Waals surface area contributed by atoms with Crippen molar-refractivity contribution in [3.63, 3.8) is 0 Å². The third-order valence-corrected chi connectivity index (χ3v) is 2.51. The van der Waals surface area contributed by atoms with Crippen molar-refractivity contribution < 1.29 is 9.84 Å². The van der Waals surface area contributed by atoms with Crippen molar-refractivity contribution in [3.05, 3.63) is 47.3 Å². The van der Waals surface area contributed by atoms with Crippen LogP contribution in [0.2, 0.25) is 0 Å². The van der Waals surface area contributed by atoms with Gasteiger partial charge in [-0.25, -0.2) is 0 Å². The van der Waals surface area contributed by atoms with E-state index in [1.807, 2.05) is 25.1 Å². The molecular formula is C12H14N2O2. The second-order valence-electron chi connectivity index (χ2n) is 3.68. The maximum Gasteiger partial charge on any atom is 0.125 e. The Bertz CT molecular complexity index is 466. The predicted molar refractivity (Wildman–Crippen MR) is 60.4 cm³/mol. The zero-order chi connectivity index (χ0) is 11.5. The fourth-order valence-corrected chi connectivity index (χ4v) is 1.66. The highest BCUT2D eigenvalue weighted by atomic mass is 16.5. The molecule has 2 rings (SSSR count). The molecule has 0 radical (unpaired) electrons. The molecule has 1 aromatic heterocycles. The van der Waals surface area contributed by atoms with Gasteiger partial charge in [-0.15, -0.1) is 0 Å². The number of nitrogens with one attached hydrogen (secondary N) is 1. The molecule has 0 aliphatic rings. The number of benzene rings is 1. The molecule has 0 bridgehead atoms. The molecular weight excluding hydrogens is 204 g/mol. The molecule has 4 heteroatoms. The lowest BCUT2D eigenvalue weighted by molar-refractivity contribution is 0.214. The van der Waals surface area contributed by atoms with Crippen molar-refractivity contribution in [1.82, 2.24) is 10.2 Å². The van der Waals surface area contributed by atoms with E-state index in [4.69, 9.17) is 4.74 Å². The minimum Gasteiger partial charge on any atom is -0.496 e. The van der Waals surface area contributed by atoms with Crippen LogP contribution in [0.15, 0.2) is 30.6 Å². The number of hydrogen-bond acceptors (Lipinski definition) is 3. The van der Waals surface area contributed by atoms with E-state index in [0.717, 1.165) is 16.7 Å². The van der Waals surface area contributed by atoms with Crippen molar-refractivity contribution in [2.24, 2.45) is 0 Å². The molecule has 1 heterocycles. The Morgan fingerprint density at radius 1 is 1.44 bits per heavy atom. The number of aromatic amines is 1. The predicted octanol–water partition coefficient (Wildman–Crippen LogP) is 1.81. The van der Waals surface area contributed by atoms with E-state index in [0.29, 0.717) is 5.75 Å². The zero-order valence-corrected chi connectivity index (χ0v) is 9.27. The van der Waals surface area contributed by atoms with Gasteiger partial charge in [0.1, 0.15) is 11.9 Å². The van der Waals surface area contributed by atoms with Crippen LogP contribution in [-0.4, -0.2) is 22.4 Å². The number of aliphatic hydroxyl groups is 1. The van der Waals surface area contributed by atoms with Crippen molar-refractivity contribution >= 4 is 0 Å². The Morgan fingerprint density at radius 2 is 2.25 bits per heavy atom. The highest BCUT2D eigenvalue weighted by molar-refractivity contribution is 5.41. The molecule has 0 amide bonds. The molecule has 4 nitrogen and oxygen atoms in total. The Balaban J connectivity index is 2.42. The monoisotopic (exact) mass is 218 g/mol. The number of aryl methyl sites for hydroxylation is 1. The summed E-state index contributed by atoms with van der Waals surface area (Å²) in [7, 11) is 1.59. The first kappa shape index (κ1) is 10.7. The summed E-state index contributed by atoms with van der Waals surface area (Å²) in [6.45, 7) is 1.98. The normalized spacial score (nSPS) is 12.4. The molecule has 2 aromatic rings. The van der Waals surface area contributed by atoms with Crippen molar-refractivity contribution in [3.8, 4) is 5.75 Å². The summed E-state index contributed by atoms with van der Waals surface area (Å²) in [6.07, 6.45) is 2.56. The van der Waals surface area contributed by atoms with Gasteiger partial charge in [-0.1, -0.05) is 11.6 Å². The second-order valence-corrected chi connectivity index (χ2v) is 3.68. The number of hydrogen-bond donors (Lipinski definition) is 2. The summed E-state index contributed by atoms with van der Waals surface area (Å²) in [5.74, 6) is 0.680. The van der Waals surface area contributed by atoms with Crippen LogP contribution in [0.3, 0.4) is 0 Å². The highest BCUT2D eigenvalue weighted by Crippen LogP contribution is 2.30. The fourth-order valence-electron chi connectivity index (χ4n) is 1.66. The maximum absolute atomic E-state index is 10.2. The number of aliphatic hydroxyl groups excluding tert-OH is 1. The molecule has 1 unspecified atom stereocenters. The van der Waals surface area contributed by atoms with Gasteiger partial charge in [-0.3, -0.25) is 5.10 Å². The molecule has 84 valence electrons. The van der Waals surface area contributed by atoms with Crippen molar-refractivity contribution in [2.45, 2.75) is 13.0 Å². The van der Waals surface area contributed by atoms with Crippen LogP contribution in [-0.2, 0) is 0 Å². The van der Waals surface area contributed by atoms with E-state index >= 15 is 0 Å². The van der Waals surface area contributed by atoms with E-state index in [1.54, 1.807) is 19.5 Å². The first-order chi connectivity index (χ1) is 7.72. The van der Waals surface area contributed by atoms with Gasteiger partial charge >= 0.3 is 0 Å². The van der Waals surface area contributed by atoms with E-state index in [1.165, 1.54) is 0 Å². The largest absolute Gasteiger partial charge is 0.496 e. The minimum atomic E-state index is -0.714. The van der Waals surface area contributed by atoms with Crippen LogP contribution in [0.5, 0.6) is 5.75 Å². The second kappa shape index (κ2) is 4.37. The Morgan fingerprint density at radius 3 is 2.88 bits per heavy atom. The Labute approximate surface area is 93.9 Å². The number of aromatic nitrogens is 2. The summed E-state index contributed by atoms with van der Waals surface area (Å²) < 4.78 is 5.23. The molecule has 0 aliphatic heterocycles. The lowest BCUT2D eigenvalue weighted by Gasteiger charge is -2.14. The SMILES string of the molecule is COc1ccc(C)cc1C(O)c1cn[nH]c1. The van der Waals surface area contributed by atoms with Gasteiger partial charge in [-0.2, -0.15) is 5.10 Å². The molecule has 0 saturated carbocycles. The summed E-state index contributed by atoms with van der Waals surface area (Å²) in [5, 5.41) is 16.7. The number of rotatable bonds is 3. The summed E-state index contributed by atoms with van der Waals surface area (Å²) in [4.78, 5) is 0. The van der Waals surface area contributed by atoms with E-state index < -0.39 is 6.10 Å². The fraction of sp³-hybridized carbons (Fsp3) is 0.250. The number of H-pyrrole nitrogens is 1. The van der Waals surface area contributed by atoms with Gasteiger partial charge in [0, 0.05) is 17.3 Å². The molecule has 0 saturated heterocycles. The third-order valence-electron chi connectivity index (χ3n) is 2.51. The van der Waals surface area contributed by atoms with Crippen LogP contribution in [0, 0.1) is 6.92 Å². The number of ether oxygens (including phenoxy) is 1. The maximum atomic E-state index is 10.2. The lowest BCUT2D eigenvalue weighted by atomic mass is 10.0. The van der Waals surface area contributed by atoms with Crippen molar-refractivity contribution in [1.29, 1.82) is 0 Å². The van der Waals surface area contributed by atoms with Gasteiger partial charge in [-0.05, 0) is 19.1 Å². The standard InChI is InChI=1S/C12H14N2O2/c1-8-3-4-11(16-2)10(5-8)12(15)9-6-13-14-7-9/h3-7,12,15H,1-2H3,(H,13,14). The zero-order valence-electron chi connectivity index (χ0n) is 9.27. The molecule has 2 N–H and O–H groups in total. The molecule has 0 aliphatic carbocycles. The number of nitrogens with zero attached hydrogens (tertiary/aromatic N) is 1. The third kappa shape index (κ3) is 1.92. The van der Waals surface area contributed by atoms with Crippen LogP contribution in [0.4, 0.5) is 0 Å². The first-order valence-corrected chi connectivity index (χ1v) is 5.03. The van der Waals surface area contributed by atoms with Crippen LogP contribution in [0.1, 0.15) is 22.8 Å². The topological polar surface area (TPSA) is 58.1 Å². The van der Waals surface area contributed by atoms with Gasteiger partial charge in [0.2, 0.25) is 0 Å². The Kier molecular flexibility index (Phi) is 2.92. The smallest absolute Gasteiger partial charge is 0.125 e. The number of methoxy groups -OCH3 is 1. The van der Waals surface area contributed by atoms with Gasteiger partial charge < -0.3 is 9.84 Å². The van der Waals surface area contributed by atoms with Crippen LogP contribution in [0.25, 0.3) is 0 Å². The molecule has 16 heavy (non-hydrogen) atoms. The van der Waals surface area contributed by atoms with E-state index in [-0.39, 0.29) is 0 Å². The summed E-state index contributed by atoms with van der Waals surface area (Å²) in [6, 6.07) is 5.72. The van der Waals surface area contributed by atoms with Crippen LogP contribution < -0.4 is 4.74 Å². The average Bonchev–Trinajstić information content (AvgIpc) is 2.81. The van der Waals surface area contributed by atoms with Gasteiger partial charge in [0.05, 0.1) is 13.3 Å². The minimum absolute atomic E-state index is 0.680. The quantitative estimate of drug-likeness (QED) is 0.826. The highest BCUT2D eigenvalue weighted by Gasteiger charge is 2.16. The van der Waals surface area contributed by atoms with E-state index in [9.17, 15) is 5.11 Å². The van der Waals surface area contributed by atoms with E-state index in [2.05, 4.69) is 10.2 Å². The molecule has 1 atom stereocenters. The summed E-state index contributed by atoms with van der Waals surface area (Å²) in [5.41, 5.74) is 2.56. The van der Waals surface area contributed by atoms with Crippen LogP contribution >= 0.6 is 0 Å². The lowest BCUT2D eigenvalue weighted by Crippen LogP contribution is -2.01. The molecule has 1 aromatic carbocycles. The average molecular weight is 218 g/mol. The molecule has 0 fully saturated rings. The van der Waals surface area contributed by atoms with Gasteiger partial charge in [0.25, 0.3) is 0 Å². The Hall–Kier alpha value is -1.81. The van der Waals surface area contributed by atoms with Gasteiger partial charge in [0.15, 0.2) is 0 Å². The summed E-state index contributed by atoms with van der Waals surface area (Å²) >= 11 is 0. The van der Waals surface area contributed by atoms with Crippen molar-refractivity contribution in [2.75, 3.05) is 7.11 Å². The molecule has 0 spiro atoms. The first-order valence-electron chi connectivity index (χ1n) is 5.03.